The Morgan fingerprint density at radius 3 is 2.06 bits per heavy atom. The number of nitrogens with one attached hydrogen (secondary N) is 3. The molecule has 194 valence electrons. The smallest absolute Gasteiger partial charge is 0.328 e. The molecule has 0 spiro atoms. The number of aliphatic carboxylic acids is 1. The molecule has 1 aromatic rings. The molecule has 1 rings (SSSR count). The molecular formula is C22H33N5O7S. The van der Waals surface area contributed by atoms with Crippen LogP contribution in [0.2, 0.25) is 0 Å². The summed E-state index contributed by atoms with van der Waals surface area (Å²) in [6.45, 7) is 1.22. The Balaban J connectivity index is 3.09. The molecule has 35 heavy (non-hydrogen) atoms. The number of nitrogens with two attached hydrogens (primary N) is 2. The number of rotatable bonds is 15. The summed E-state index contributed by atoms with van der Waals surface area (Å²) in [4.78, 5) is 60.8. The van der Waals surface area contributed by atoms with Crippen molar-refractivity contribution in [3.05, 3.63) is 35.9 Å². The Kier molecular flexibility index (Phi) is 12.8. The summed E-state index contributed by atoms with van der Waals surface area (Å²) in [5.41, 5.74) is 11.5. The van der Waals surface area contributed by atoms with Crippen LogP contribution < -0.4 is 27.4 Å². The molecule has 0 saturated heterocycles. The van der Waals surface area contributed by atoms with Gasteiger partial charge < -0.3 is 37.6 Å². The fraction of sp³-hybridized carbons (Fsp3) is 0.500. The maximum atomic E-state index is 13.1. The van der Waals surface area contributed by atoms with Gasteiger partial charge in [0, 0.05) is 6.42 Å². The van der Waals surface area contributed by atoms with Crippen molar-refractivity contribution in [3.63, 3.8) is 0 Å². The lowest BCUT2D eigenvalue weighted by Crippen LogP contribution is -2.59. The lowest BCUT2D eigenvalue weighted by Gasteiger charge is -2.25. The zero-order chi connectivity index (χ0) is 26.5. The summed E-state index contributed by atoms with van der Waals surface area (Å²) in [6, 6.07) is 3.65. The largest absolute Gasteiger partial charge is 0.480 e. The molecule has 4 amide bonds. The quantitative estimate of drug-likeness (QED) is 0.140. The van der Waals surface area contributed by atoms with E-state index in [1.807, 2.05) is 0 Å². The molecule has 12 nitrogen and oxygen atoms in total. The molecule has 0 bridgehead atoms. The molecule has 9 N–H and O–H groups in total. The van der Waals surface area contributed by atoms with Crippen molar-refractivity contribution in [1.82, 2.24) is 16.0 Å². The summed E-state index contributed by atoms with van der Waals surface area (Å²) >= 11 is 1.41. The van der Waals surface area contributed by atoms with Crippen molar-refractivity contribution in [1.29, 1.82) is 0 Å². The van der Waals surface area contributed by atoms with Crippen molar-refractivity contribution in [2.75, 3.05) is 12.0 Å². The molecule has 0 heterocycles. The molecular weight excluding hydrogens is 478 g/mol. The fourth-order valence-corrected chi connectivity index (χ4v) is 3.54. The van der Waals surface area contributed by atoms with Crippen LogP contribution in [0.4, 0.5) is 0 Å². The number of aliphatic hydroxyl groups is 1. The second-order valence-electron chi connectivity index (χ2n) is 7.94. The molecule has 0 radical (unpaired) electrons. The van der Waals surface area contributed by atoms with E-state index < -0.39 is 66.3 Å². The number of amides is 4. The van der Waals surface area contributed by atoms with E-state index in [0.29, 0.717) is 11.3 Å². The van der Waals surface area contributed by atoms with Crippen LogP contribution in [0.1, 0.15) is 25.3 Å². The molecule has 0 aliphatic carbocycles. The average molecular weight is 512 g/mol. The summed E-state index contributed by atoms with van der Waals surface area (Å²) in [7, 11) is 0. The van der Waals surface area contributed by atoms with E-state index in [-0.39, 0.29) is 12.8 Å². The van der Waals surface area contributed by atoms with Crippen LogP contribution in [0.5, 0.6) is 0 Å². The second-order valence-corrected chi connectivity index (χ2v) is 8.92. The maximum Gasteiger partial charge on any atom is 0.328 e. The molecule has 0 aromatic heterocycles. The van der Waals surface area contributed by atoms with Gasteiger partial charge in [0.2, 0.25) is 23.6 Å². The van der Waals surface area contributed by atoms with E-state index in [9.17, 15) is 34.2 Å². The number of hydrogen-bond acceptors (Lipinski definition) is 8. The van der Waals surface area contributed by atoms with Crippen molar-refractivity contribution >= 4 is 41.4 Å². The van der Waals surface area contributed by atoms with Gasteiger partial charge in [-0.15, -0.1) is 0 Å². The van der Waals surface area contributed by atoms with Gasteiger partial charge in [-0.25, -0.2) is 4.79 Å². The Bertz CT molecular complexity index is 884. The Labute approximate surface area is 207 Å². The minimum Gasteiger partial charge on any atom is -0.480 e. The Morgan fingerprint density at radius 1 is 0.971 bits per heavy atom. The van der Waals surface area contributed by atoms with Crippen molar-refractivity contribution < 1.29 is 34.2 Å². The lowest BCUT2D eigenvalue weighted by atomic mass is 10.0. The van der Waals surface area contributed by atoms with E-state index >= 15 is 0 Å². The lowest BCUT2D eigenvalue weighted by molar-refractivity contribution is -0.145. The Hall–Kier alpha value is -3.16. The number of carboxylic acid groups (broad SMARTS) is 1. The number of aliphatic hydroxyl groups excluding tert-OH is 1. The highest BCUT2D eigenvalue weighted by Gasteiger charge is 2.32. The number of thioether (sulfide) groups is 1. The van der Waals surface area contributed by atoms with Gasteiger partial charge in [0.05, 0.1) is 18.6 Å². The SMILES string of the molecule is CSCCC(NC(=O)C(Cc1ccccc1)NC(=O)C(N)CC(N)=O)C(=O)NC(C(=O)O)C(C)O. The fourth-order valence-electron chi connectivity index (χ4n) is 3.07. The van der Waals surface area contributed by atoms with E-state index in [1.165, 1.54) is 18.7 Å². The van der Waals surface area contributed by atoms with Crippen molar-refractivity contribution in [3.8, 4) is 0 Å². The molecule has 0 saturated carbocycles. The zero-order valence-corrected chi connectivity index (χ0v) is 20.4. The van der Waals surface area contributed by atoms with Gasteiger partial charge >= 0.3 is 5.97 Å². The average Bonchev–Trinajstić information content (AvgIpc) is 2.79. The van der Waals surface area contributed by atoms with Gasteiger partial charge in [0.1, 0.15) is 12.1 Å². The maximum absolute atomic E-state index is 13.1. The van der Waals surface area contributed by atoms with E-state index in [0.717, 1.165) is 0 Å². The highest BCUT2D eigenvalue weighted by Crippen LogP contribution is 2.07. The molecule has 5 unspecified atom stereocenters. The van der Waals surface area contributed by atoms with Crippen molar-refractivity contribution in [2.45, 2.75) is 56.5 Å². The standard InChI is InChI=1S/C22H33N5O7S/c1-12(28)18(22(33)34)27-20(31)15(8-9-35-2)25-21(32)16(10-13-6-4-3-5-7-13)26-19(30)14(23)11-17(24)29/h3-7,12,14-16,18,28H,8-11,23H2,1-2H3,(H2,24,29)(H,25,32)(H,26,30)(H,27,31)(H,33,34). The number of carbonyl (C=O) groups excluding carboxylic acids is 4. The number of carbonyl (C=O) groups is 5. The van der Waals surface area contributed by atoms with Crippen molar-refractivity contribution in [2.24, 2.45) is 11.5 Å². The van der Waals surface area contributed by atoms with Crippen LogP contribution in [0.3, 0.4) is 0 Å². The minimum absolute atomic E-state index is 0.0595. The third-order valence-corrected chi connectivity index (χ3v) is 5.61. The van der Waals surface area contributed by atoms with Crippen LogP contribution >= 0.6 is 11.8 Å². The number of carboxylic acids is 1. The first-order valence-corrected chi connectivity index (χ1v) is 12.2. The van der Waals surface area contributed by atoms with E-state index in [2.05, 4.69) is 16.0 Å². The van der Waals surface area contributed by atoms with Gasteiger partial charge in [-0.1, -0.05) is 30.3 Å². The van der Waals surface area contributed by atoms with E-state index in [1.54, 1.807) is 36.6 Å². The summed E-state index contributed by atoms with van der Waals surface area (Å²) in [6.07, 6.45) is 0.234. The minimum atomic E-state index is -1.57. The summed E-state index contributed by atoms with van der Waals surface area (Å²) in [5, 5.41) is 26.2. The van der Waals surface area contributed by atoms with E-state index in [4.69, 9.17) is 11.5 Å². The first-order chi connectivity index (χ1) is 16.5. The summed E-state index contributed by atoms with van der Waals surface area (Å²) < 4.78 is 0. The molecule has 1 aromatic carbocycles. The van der Waals surface area contributed by atoms with Gasteiger partial charge in [-0.2, -0.15) is 11.8 Å². The van der Waals surface area contributed by atoms with Gasteiger partial charge in [0.15, 0.2) is 6.04 Å². The first kappa shape index (κ1) is 29.9. The zero-order valence-electron chi connectivity index (χ0n) is 19.6. The number of primary amides is 1. The van der Waals surface area contributed by atoms with Crippen LogP contribution in [-0.2, 0) is 30.4 Å². The van der Waals surface area contributed by atoms with Crippen LogP contribution in [0.25, 0.3) is 0 Å². The predicted molar refractivity (Wildman–Crippen MR) is 130 cm³/mol. The molecule has 0 aliphatic heterocycles. The molecule has 13 heteroatoms. The highest BCUT2D eigenvalue weighted by atomic mass is 32.2. The van der Waals surface area contributed by atoms with Gasteiger partial charge in [-0.05, 0) is 30.9 Å². The molecule has 0 aliphatic rings. The first-order valence-electron chi connectivity index (χ1n) is 10.8. The summed E-state index contributed by atoms with van der Waals surface area (Å²) in [5.74, 6) is -4.03. The van der Waals surface area contributed by atoms with Gasteiger partial charge in [-0.3, -0.25) is 19.2 Å². The monoisotopic (exact) mass is 511 g/mol. The second kappa shape index (κ2) is 15.0. The third kappa shape index (κ3) is 10.8. The number of benzene rings is 1. The molecule has 0 fully saturated rings. The van der Waals surface area contributed by atoms with Gasteiger partial charge in [0.25, 0.3) is 0 Å². The van der Waals surface area contributed by atoms with Crippen LogP contribution in [0, 0.1) is 0 Å². The van der Waals surface area contributed by atoms with Crippen LogP contribution in [0.15, 0.2) is 30.3 Å². The van der Waals surface area contributed by atoms with Crippen LogP contribution in [-0.4, -0.2) is 82.1 Å². The molecule has 5 atom stereocenters. The highest BCUT2D eigenvalue weighted by molar-refractivity contribution is 7.98. The normalized spacial score (nSPS) is 15.1. The third-order valence-electron chi connectivity index (χ3n) is 4.96. The number of hydrogen-bond donors (Lipinski definition) is 7. The predicted octanol–water partition coefficient (Wildman–Crippen LogP) is -1.90. The Morgan fingerprint density at radius 2 is 1.54 bits per heavy atom. The topological polar surface area (TPSA) is 214 Å².